The molecule has 2 N–H and O–H groups in total. The zero-order valence-corrected chi connectivity index (χ0v) is 17.7. The number of rotatable bonds is 10. The largest absolute Gasteiger partial charge is 0.490 e. The minimum atomic E-state index is -0.515. The molecule has 0 aromatic heterocycles. The number of hydrogen-bond acceptors (Lipinski definition) is 5. The Labute approximate surface area is 176 Å². The molecule has 4 nitrogen and oxygen atoms in total. The van der Waals surface area contributed by atoms with E-state index in [0.717, 1.165) is 32.1 Å². The van der Waals surface area contributed by atoms with Crippen LogP contribution >= 0.6 is 11.8 Å². The van der Waals surface area contributed by atoms with Crippen molar-refractivity contribution in [2.75, 3.05) is 13.2 Å². The summed E-state index contributed by atoms with van der Waals surface area (Å²) >= 11 is 1.59. The number of fused-ring (bicyclic) bond motifs is 1. The highest BCUT2D eigenvalue weighted by molar-refractivity contribution is 7.99. The maximum absolute atomic E-state index is 10.0. The highest BCUT2D eigenvalue weighted by atomic mass is 32.2. The summed E-state index contributed by atoms with van der Waals surface area (Å²) in [5.74, 6) is 1.46. The van der Waals surface area contributed by atoms with Crippen molar-refractivity contribution in [3.05, 3.63) is 60.7 Å². The van der Waals surface area contributed by atoms with Gasteiger partial charge in [-0.05, 0) is 31.0 Å². The quantitative estimate of drug-likeness (QED) is 0.474. The molecule has 3 aromatic carbocycles. The van der Waals surface area contributed by atoms with Gasteiger partial charge in [-0.3, -0.25) is 0 Å². The summed E-state index contributed by atoms with van der Waals surface area (Å²) in [6.07, 6.45) is 0.253. The minimum Gasteiger partial charge on any atom is -0.490 e. The third kappa shape index (κ3) is 5.66. The number of aliphatic hydroxyl groups is 2. The topological polar surface area (TPSA) is 58.9 Å². The molecule has 0 fully saturated rings. The van der Waals surface area contributed by atoms with Gasteiger partial charge in [-0.25, -0.2) is 0 Å². The average Bonchev–Trinajstić information content (AvgIpc) is 2.77. The Bertz CT molecular complexity index is 913. The Morgan fingerprint density at radius 1 is 0.793 bits per heavy atom. The van der Waals surface area contributed by atoms with E-state index in [1.807, 2.05) is 74.5 Å². The van der Waals surface area contributed by atoms with Gasteiger partial charge in [0.2, 0.25) is 0 Å². The van der Waals surface area contributed by atoms with Crippen molar-refractivity contribution in [3.63, 3.8) is 0 Å². The van der Waals surface area contributed by atoms with Crippen LogP contribution in [0.1, 0.15) is 26.7 Å². The first kappa shape index (κ1) is 21.5. The second-order valence-electron chi connectivity index (χ2n) is 6.91. The molecule has 3 rings (SSSR count). The molecule has 0 radical (unpaired) electrons. The first-order chi connectivity index (χ1) is 14.1. The number of aliphatic hydroxyl groups excluding tert-OH is 2. The van der Waals surface area contributed by atoms with E-state index in [4.69, 9.17) is 9.47 Å². The fourth-order valence-corrected chi connectivity index (χ4v) is 3.83. The van der Waals surface area contributed by atoms with E-state index in [1.165, 1.54) is 0 Å². The lowest BCUT2D eigenvalue weighted by atomic mass is 10.1. The average molecular weight is 413 g/mol. The summed E-state index contributed by atoms with van der Waals surface area (Å²) < 4.78 is 12.1. The Morgan fingerprint density at radius 2 is 1.38 bits per heavy atom. The van der Waals surface area contributed by atoms with Crippen LogP contribution in [0.3, 0.4) is 0 Å². The monoisotopic (exact) mass is 412 g/mol. The predicted molar refractivity (Wildman–Crippen MR) is 118 cm³/mol. The van der Waals surface area contributed by atoms with Gasteiger partial charge in [0, 0.05) is 15.7 Å². The van der Waals surface area contributed by atoms with Crippen molar-refractivity contribution in [2.45, 2.75) is 48.7 Å². The van der Waals surface area contributed by atoms with Crippen LogP contribution < -0.4 is 9.47 Å². The molecule has 0 saturated heterocycles. The Balaban J connectivity index is 2.04. The van der Waals surface area contributed by atoms with Gasteiger partial charge in [0.25, 0.3) is 0 Å². The van der Waals surface area contributed by atoms with Crippen LogP contribution in [-0.4, -0.2) is 35.6 Å². The summed E-state index contributed by atoms with van der Waals surface area (Å²) in [7, 11) is 0. The van der Waals surface area contributed by atoms with Gasteiger partial charge in [0.05, 0.1) is 17.1 Å². The summed E-state index contributed by atoms with van der Waals surface area (Å²) in [4.78, 5) is 2.00. The van der Waals surface area contributed by atoms with Gasteiger partial charge in [0.1, 0.15) is 24.7 Å². The second-order valence-corrected chi connectivity index (χ2v) is 8.02. The Morgan fingerprint density at radius 3 is 2.03 bits per heavy atom. The molecule has 0 amide bonds. The van der Waals surface area contributed by atoms with E-state index in [2.05, 4.69) is 0 Å². The van der Waals surface area contributed by atoms with Crippen molar-refractivity contribution in [1.82, 2.24) is 0 Å². The van der Waals surface area contributed by atoms with E-state index >= 15 is 0 Å². The molecule has 2 unspecified atom stereocenters. The summed E-state index contributed by atoms with van der Waals surface area (Å²) in [5, 5.41) is 21.8. The molecule has 3 aromatic rings. The van der Waals surface area contributed by atoms with Gasteiger partial charge >= 0.3 is 0 Å². The van der Waals surface area contributed by atoms with Crippen LogP contribution in [0, 0.1) is 0 Å². The molecule has 0 saturated carbocycles. The van der Waals surface area contributed by atoms with Crippen molar-refractivity contribution in [1.29, 1.82) is 0 Å². The first-order valence-corrected chi connectivity index (χ1v) is 10.8. The SMILES string of the molecule is CCC(O)COc1cc(Sc2ccccc2)c(OCC(O)CC)c2ccccc12. The Kier molecular flexibility index (Phi) is 7.81. The number of ether oxygens (including phenoxy) is 2. The molecule has 0 aliphatic carbocycles. The molecular formula is C24H28O4S. The Hall–Kier alpha value is -2.21. The highest BCUT2D eigenvalue weighted by Crippen LogP contribution is 2.44. The zero-order chi connectivity index (χ0) is 20.6. The van der Waals surface area contributed by atoms with Gasteiger partial charge in [0.15, 0.2) is 0 Å². The second kappa shape index (κ2) is 10.5. The molecule has 5 heteroatoms. The van der Waals surface area contributed by atoms with Crippen LogP contribution in [0.15, 0.2) is 70.5 Å². The lowest BCUT2D eigenvalue weighted by molar-refractivity contribution is 0.102. The third-order valence-electron chi connectivity index (χ3n) is 4.69. The molecular weight excluding hydrogens is 384 g/mol. The zero-order valence-electron chi connectivity index (χ0n) is 16.9. The van der Waals surface area contributed by atoms with Crippen molar-refractivity contribution in [3.8, 4) is 11.5 Å². The van der Waals surface area contributed by atoms with Crippen LogP contribution in [0.4, 0.5) is 0 Å². The van der Waals surface area contributed by atoms with E-state index in [-0.39, 0.29) is 13.2 Å². The van der Waals surface area contributed by atoms with E-state index in [0.29, 0.717) is 12.8 Å². The molecule has 29 heavy (non-hydrogen) atoms. The lowest BCUT2D eigenvalue weighted by Crippen LogP contribution is -2.17. The van der Waals surface area contributed by atoms with E-state index in [9.17, 15) is 10.2 Å². The van der Waals surface area contributed by atoms with E-state index < -0.39 is 12.2 Å². The lowest BCUT2D eigenvalue weighted by Gasteiger charge is -2.19. The van der Waals surface area contributed by atoms with Crippen LogP contribution in [0.5, 0.6) is 11.5 Å². The van der Waals surface area contributed by atoms with E-state index in [1.54, 1.807) is 11.8 Å². The normalized spacial score (nSPS) is 13.2. The van der Waals surface area contributed by atoms with Gasteiger partial charge < -0.3 is 19.7 Å². The maximum Gasteiger partial charge on any atom is 0.141 e. The third-order valence-corrected chi connectivity index (χ3v) is 5.72. The number of hydrogen-bond donors (Lipinski definition) is 2. The highest BCUT2D eigenvalue weighted by Gasteiger charge is 2.17. The minimum absolute atomic E-state index is 0.234. The molecule has 0 bridgehead atoms. The standard InChI is InChI=1S/C24H28O4S/c1-3-17(25)15-27-22-14-23(29-19-10-6-5-7-11-19)24(28-16-18(26)4-2)21-13-9-8-12-20(21)22/h5-14,17-18,25-26H,3-4,15-16H2,1-2H3. The molecule has 0 aliphatic heterocycles. The van der Waals surface area contributed by atoms with Crippen molar-refractivity contribution in [2.24, 2.45) is 0 Å². The molecule has 0 heterocycles. The van der Waals surface area contributed by atoms with Crippen molar-refractivity contribution < 1.29 is 19.7 Å². The molecule has 154 valence electrons. The molecule has 0 spiro atoms. The van der Waals surface area contributed by atoms with Crippen molar-refractivity contribution >= 4 is 22.5 Å². The van der Waals surface area contributed by atoms with Gasteiger partial charge in [-0.2, -0.15) is 0 Å². The molecule has 2 atom stereocenters. The fourth-order valence-electron chi connectivity index (χ4n) is 2.85. The smallest absolute Gasteiger partial charge is 0.141 e. The van der Waals surface area contributed by atoms with Gasteiger partial charge in [-0.1, -0.05) is 68.1 Å². The first-order valence-electron chi connectivity index (χ1n) is 10.0. The van der Waals surface area contributed by atoms with Crippen LogP contribution in [0.25, 0.3) is 10.8 Å². The van der Waals surface area contributed by atoms with Crippen LogP contribution in [-0.2, 0) is 0 Å². The maximum atomic E-state index is 10.0. The molecule has 0 aliphatic rings. The predicted octanol–water partition coefficient (Wildman–Crippen LogP) is 5.29. The summed E-state index contributed by atoms with van der Waals surface area (Å²) in [6.45, 7) is 4.34. The van der Waals surface area contributed by atoms with Crippen LogP contribution in [0.2, 0.25) is 0 Å². The van der Waals surface area contributed by atoms with Gasteiger partial charge in [-0.15, -0.1) is 0 Å². The fraction of sp³-hybridized carbons (Fsp3) is 0.333. The summed E-state index contributed by atoms with van der Waals surface area (Å²) in [6, 6.07) is 20.0. The number of benzene rings is 3. The summed E-state index contributed by atoms with van der Waals surface area (Å²) in [5.41, 5.74) is 0.